The number of hydrogen-bond acceptors (Lipinski definition) is 6. The average Bonchev–Trinajstić information content (AvgIpc) is 2.44. The third-order valence-corrected chi connectivity index (χ3v) is 2.47. The zero-order valence-corrected chi connectivity index (χ0v) is 12.0. The molecular weight excluding hydrogens is 280 g/mol. The summed E-state index contributed by atoms with van der Waals surface area (Å²) in [6.45, 7) is 0.715. The predicted octanol–water partition coefficient (Wildman–Crippen LogP) is 2.05. The summed E-state index contributed by atoms with van der Waals surface area (Å²) in [5.74, 6) is 1.24. The molecule has 7 heteroatoms. The Labute approximate surface area is 122 Å². The lowest BCUT2D eigenvalue weighted by Crippen LogP contribution is -2.16. The number of ether oxygens (including phenoxy) is 2. The van der Waals surface area contributed by atoms with Crippen molar-refractivity contribution in [1.29, 1.82) is 0 Å². The fourth-order valence-electron chi connectivity index (χ4n) is 1.40. The normalized spacial score (nSPS) is 10.2. The Bertz CT molecular complexity index is 551. The molecule has 0 atom stereocenters. The van der Waals surface area contributed by atoms with Crippen LogP contribution in [0, 0.1) is 0 Å². The number of rotatable bonds is 6. The van der Waals surface area contributed by atoms with Gasteiger partial charge in [-0.05, 0) is 23.7 Å². The van der Waals surface area contributed by atoms with Crippen LogP contribution >= 0.6 is 11.6 Å². The lowest BCUT2D eigenvalue weighted by Gasteiger charge is -2.11. The molecule has 0 spiro atoms. The average molecular weight is 295 g/mol. The smallest absolute Gasteiger partial charge is 0.322 e. The number of aromatic nitrogens is 3. The third-order valence-electron chi connectivity index (χ3n) is 2.30. The second-order valence-corrected chi connectivity index (χ2v) is 4.43. The maximum absolute atomic E-state index is 5.80. The monoisotopic (exact) mass is 294 g/mol. The van der Waals surface area contributed by atoms with Crippen LogP contribution in [0.1, 0.15) is 0 Å². The van der Waals surface area contributed by atoms with Crippen molar-refractivity contribution in [3.63, 3.8) is 0 Å². The number of hydrogen-bond donors (Lipinski definition) is 0. The van der Waals surface area contributed by atoms with Crippen molar-refractivity contribution in [3.8, 4) is 11.8 Å². The molecule has 0 N–H and O–H groups in total. The largest absolute Gasteiger partial charge is 0.490 e. The standard InChI is InChI=1S/C13H15ClN4O2/c1-18(2)12-15-11(14)16-13(17-12)20-9-8-19-10-6-4-3-5-7-10/h3-7H,8-9H2,1-2H3. The molecule has 0 aliphatic heterocycles. The maximum atomic E-state index is 5.80. The minimum absolute atomic E-state index is 0.0997. The molecule has 0 bridgehead atoms. The van der Waals surface area contributed by atoms with E-state index < -0.39 is 0 Å². The van der Waals surface area contributed by atoms with E-state index >= 15 is 0 Å². The molecule has 0 amide bonds. The van der Waals surface area contributed by atoms with Crippen LogP contribution in [0.5, 0.6) is 11.8 Å². The Hall–Kier alpha value is -2.08. The minimum atomic E-state index is 0.0997. The molecule has 2 rings (SSSR count). The highest BCUT2D eigenvalue weighted by Gasteiger charge is 2.07. The van der Waals surface area contributed by atoms with Crippen LogP contribution in [-0.2, 0) is 0 Å². The molecule has 106 valence electrons. The topological polar surface area (TPSA) is 60.4 Å². The van der Waals surface area contributed by atoms with Crippen molar-refractivity contribution in [2.75, 3.05) is 32.2 Å². The van der Waals surface area contributed by atoms with Gasteiger partial charge in [0.05, 0.1) is 0 Å². The highest BCUT2D eigenvalue weighted by atomic mass is 35.5. The van der Waals surface area contributed by atoms with E-state index in [0.717, 1.165) is 5.75 Å². The minimum Gasteiger partial charge on any atom is -0.490 e. The first-order valence-corrected chi connectivity index (χ1v) is 6.42. The van der Waals surface area contributed by atoms with Crippen LogP contribution in [0.3, 0.4) is 0 Å². The first-order chi connectivity index (χ1) is 9.65. The van der Waals surface area contributed by atoms with Gasteiger partial charge in [0, 0.05) is 14.1 Å². The van der Waals surface area contributed by atoms with Crippen molar-refractivity contribution in [3.05, 3.63) is 35.6 Å². The SMILES string of the molecule is CN(C)c1nc(Cl)nc(OCCOc2ccccc2)n1. The van der Waals surface area contributed by atoms with Gasteiger partial charge >= 0.3 is 6.01 Å². The summed E-state index contributed by atoms with van der Waals surface area (Å²) in [6, 6.07) is 9.69. The molecule has 1 aromatic carbocycles. The molecule has 0 fully saturated rings. The summed E-state index contributed by atoms with van der Waals surface area (Å²) in [5.41, 5.74) is 0. The molecular formula is C13H15ClN4O2. The summed E-state index contributed by atoms with van der Waals surface area (Å²) in [5, 5.41) is 0.0997. The first-order valence-electron chi connectivity index (χ1n) is 6.04. The van der Waals surface area contributed by atoms with E-state index in [-0.39, 0.29) is 11.3 Å². The Balaban J connectivity index is 1.85. The third kappa shape index (κ3) is 4.24. The molecule has 0 radical (unpaired) electrons. The van der Waals surface area contributed by atoms with Crippen LogP contribution in [0.2, 0.25) is 5.28 Å². The van der Waals surface area contributed by atoms with Gasteiger partial charge in [-0.2, -0.15) is 15.0 Å². The van der Waals surface area contributed by atoms with E-state index in [9.17, 15) is 0 Å². The highest BCUT2D eigenvalue weighted by Crippen LogP contribution is 2.13. The van der Waals surface area contributed by atoms with E-state index in [0.29, 0.717) is 19.2 Å². The van der Waals surface area contributed by atoms with Gasteiger partial charge in [0.25, 0.3) is 0 Å². The van der Waals surface area contributed by atoms with Crippen molar-refractivity contribution in [1.82, 2.24) is 15.0 Å². The van der Waals surface area contributed by atoms with Gasteiger partial charge in [-0.25, -0.2) is 0 Å². The lowest BCUT2D eigenvalue weighted by molar-refractivity contribution is 0.206. The summed E-state index contributed by atoms with van der Waals surface area (Å²) in [4.78, 5) is 13.7. The molecule has 0 unspecified atom stereocenters. The Morgan fingerprint density at radius 1 is 1.00 bits per heavy atom. The van der Waals surface area contributed by atoms with E-state index in [2.05, 4.69) is 15.0 Å². The van der Waals surface area contributed by atoms with Crippen molar-refractivity contribution in [2.24, 2.45) is 0 Å². The van der Waals surface area contributed by atoms with Crippen molar-refractivity contribution < 1.29 is 9.47 Å². The zero-order valence-electron chi connectivity index (χ0n) is 11.3. The van der Waals surface area contributed by atoms with Crippen molar-refractivity contribution in [2.45, 2.75) is 0 Å². The first kappa shape index (κ1) is 14.3. The fraction of sp³-hybridized carbons (Fsp3) is 0.308. The molecule has 0 aliphatic rings. The van der Waals surface area contributed by atoms with E-state index in [1.165, 1.54) is 0 Å². The van der Waals surface area contributed by atoms with Crippen LogP contribution in [0.15, 0.2) is 30.3 Å². The number of halogens is 1. The molecule has 0 aliphatic carbocycles. The number of anilines is 1. The Kier molecular flexibility index (Phi) is 4.95. The Morgan fingerprint density at radius 2 is 1.70 bits per heavy atom. The number of benzene rings is 1. The molecule has 20 heavy (non-hydrogen) atoms. The summed E-state index contributed by atoms with van der Waals surface area (Å²) < 4.78 is 10.9. The number of nitrogens with zero attached hydrogens (tertiary/aromatic N) is 4. The predicted molar refractivity (Wildman–Crippen MR) is 76.6 cm³/mol. The maximum Gasteiger partial charge on any atom is 0.322 e. The van der Waals surface area contributed by atoms with Gasteiger partial charge in [-0.15, -0.1) is 0 Å². The summed E-state index contributed by atoms with van der Waals surface area (Å²) in [7, 11) is 3.63. The molecule has 6 nitrogen and oxygen atoms in total. The molecule has 1 heterocycles. The molecule has 2 aromatic rings. The van der Waals surface area contributed by atoms with E-state index in [1.54, 1.807) is 4.90 Å². The molecule has 0 saturated carbocycles. The number of para-hydroxylation sites is 1. The van der Waals surface area contributed by atoms with Gasteiger partial charge in [-0.1, -0.05) is 18.2 Å². The van der Waals surface area contributed by atoms with Crippen LogP contribution < -0.4 is 14.4 Å². The molecule has 0 saturated heterocycles. The van der Waals surface area contributed by atoms with E-state index in [4.69, 9.17) is 21.1 Å². The second kappa shape index (κ2) is 6.91. The lowest BCUT2D eigenvalue weighted by atomic mass is 10.3. The van der Waals surface area contributed by atoms with Crippen LogP contribution in [0.4, 0.5) is 5.95 Å². The fourth-order valence-corrected chi connectivity index (χ4v) is 1.54. The van der Waals surface area contributed by atoms with Crippen LogP contribution in [0.25, 0.3) is 0 Å². The van der Waals surface area contributed by atoms with Gasteiger partial charge in [0.15, 0.2) is 0 Å². The zero-order chi connectivity index (χ0) is 14.4. The van der Waals surface area contributed by atoms with Gasteiger partial charge in [0.2, 0.25) is 11.2 Å². The highest BCUT2D eigenvalue weighted by molar-refractivity contribution is 6.28. The Morgan fingerprint density at radius 3 is 2.40 bits per heavy atom. The van der Waals surface area contributed by atoms with Crippen LogP contribution in [-0.4, -0.2) is 42.3 Å². The van der Waals surface area contributed by atoms with Gasteiger partial charge in [0.1, 0.15) is 19.0 Å². The van der Waals surface area contributed by atoms with Crippen molar-refractivity contribution >= 4 is 17.5 Å². The van der Waals surface area contributed by atoms with Gasteiger partial charge in [-0.3, -0.25) is 0 Å². The summed E-state index contributed by atoms with van der Waals surface area (Å²) >= 11 is 5.80. The summed E-state index contributed by atoms with van der Waals surface area (Å²) in [6.07, 6.45) is 0. The second-order valence-electron chi connectivity index (χ2n) is 4.09. The quantitative estimate of drug-likeness (QED) is 0.760. The molecule has 1 aromatic heterocycles. The van der Waals surface area contributed by atoms with Gasteiger partial charge < -0.3 is 14.4 Å². The van der Waals surface area contributed by atoms with E-state index in [1.807, 2.05) is 44.4 Å².